The van der Waals surface area contributed by atoms with Crippen molar-refractivity contribution in [3.63, 3.8) is 0 Å². The zero-order chi connectivity index (χ0) is 10.8. The number of hydrazine groups is 1. The number of methoxy groups -OCH3 is 2. The number of ether oxygens (including phenoxy) is 2. The molecule has 1 aliphatic carbocycles. The van der Waals surface area contributed by atoms with Gasteiger partial charge in [0.25, 0.3) is 0 Å². The zero-order valence-corrected chi connectivity index (χ0v) is 9.04. The van der Waals surface area contributed by atoms with E-state index in [1.54, 1.807) is 14.2 Å². The van der Waals surface area contributed by atoms with Crippen LogP contribution in [0.1, 0.15) is 23.6 Å². The number of hydrogen-bond acceptors (Lipinski definition) is 4. The summed E-state index contributed by atoms with van der Waals surface area (Å²) in [5, 5.41) is 0. The van der Waals surface area contributed by atoms with Crippen LogP contribution in [0.25, 0.3) is 0 Å². The maximum Gasteiger partial charge on any atom is 0.161 e. The second-order valence-electron chi connectivity index (χ2n) is 3.66. The molecule has 4 nitrogen and oxygen atoms in total. The Morgan fingerprint density at radius 1 is 1.27 bits per heavy atom. The molecule has 15 heavy (non-hydrogen) atoms. The summed E-state index contributed by atoms with van der Waals surface area (Å²) in [6, 6.07) is 4.27. The van der Waals surface area contributed by atoms with Crippen LogP contribution in [-0.4, -0.2) is 14.2 Å². The van der Waals surface area contributed by atoms with E-state index in [1.165, 1.54) is 11.1 Å². The summed E-state index contributed by atoms with van der Waals surface area (Å²) in [7, 11) is 3.29. The summed E-state index contributed by atoms with van der Waals surface area (Å²) < 4.78 is 10.5. The molecule has 0 aromatic heterocycles. The van der Waals surface area contributed by atoms with Crippen molar-refractivity contribution in [2.24, 2.45) is 5.84 Å². The lowest BCUT2D eigenvalue weighted by atomic mass is 10.1. The third-order valence-electron chi connectivity index (χ3n) is 2.92. The molecule has 0 fully saturated rings. The molecule has 3 N–H and O–H groups in total. The molecular weight excluding hydrogens is 192 g/mol. The summed E-state index contributed by atoms with van der Waals surface area (Å²) in [5.41, 5.74) is 5.32. The highest BCUT2D eigenvalue weighted by molar-refractivity contribution is 5.50. The van der Waals surface area contributed by atoms with Gasteiger partial charge in [0.1, 0.15) is 0 Å². The quantitative estimate of drug-likeness (QED) is 0.578. The Balaban J connectivity index is 2.44. The number of aryl methyl sites for hydroxylation is 1. The molecule has 0 saturated heterocycles. The van der Waals surface area contributed by atoms with E-state index >= 15 is 0 Å². The van der Waals surface area contributed by atoms with Gasteiger partial charge in [-0.1, -0.05) is 0 Å². The Bertz CT molecular complexity index is 366. The fraction of sp³-hybridized carbons (Fsp3) is 0.455. The van der Waals surface area contributed by atoms with Crippen LogP contribution in [0, 0.1) is 0 Å². The molecule has 1 aromatic rings. The fourth-order valence-electron chi connectivity index (χ4n) is 2.11. The number of rotatable bonds is 3. The van der Waals surface area contributed by atoms with Gasteiger partial charge in [-0.2, -0.15) is 0 Å². The molecule has 1 aliphatic rings. The summed E-state index contributed by atoms with van der Waals surface area (Å²) in [5.74, 6) is 7.04. The van der Waals surface area contributed by atoms with Crippen molar-refractivity contribution in [1.82, 2.24) is 5.43 Å². The van der Waals surface area contributed by atoms with Crippen LogP contribution in [0.15, 0.2) is 12.1 Å². The standard InChI is InChI=1S/C11H16N2O2/c1-14-10-5-7-3-4-9(13-12)8(7)6-11(10)15-2/h5-6,9,13H,3-4,12H2,1-2H3/t9-/m0/s1. The van der Waals surface area contributed by atoms with Crippen molar-refractivity contribution >= 4 is 0 Å². The maximum atomic E-state index is 5.49. The Hall–Kier alpha value is -1.26. The van der Waals surface area contributed by atoms with Crippen LogP contribution in [0.4, 0.5) is 0 Å². The van der Waals surface area contributed by atoms with Gasteiger partial charge in [0, 0.05) is 6.04 Å². The average molecular weight is 208 g/mol. The van der Waals surface area contributed by atoms with Crippen molar-refractivity contribution in [2.45, 2.75) is 18.9 Å². The predicted molar refractivity (Wildman–Crippen MR) is 57.9 cm³/mol. The van der Waals surface area contributed by atoms with Gasteiger partial charge in [0.05, 0.1) is 14.2 Å². The average Bonchev–Trinajstić information content (AvgIpc) is 2.68. The lowest BCUT2D eigenvalue weighted by molar-refractivity contribution is 0.354. The van der Waals surface area contributed by atoms with E-state index in [0.29, 0.717) is 0 Å². The molecule has 82 valence electrons. The molecule has 1 atom stereocenters. The van der Waals surface area contributed by atoms with E-state index in [9.17, 15) is 0 Å². The first-order valence-corrected chi connectivity index (χ1v) is 5.01. The minimum Gasteiger partial charge on any atom is -0.493 e. The molecule has 0 spiro atoms. The summed E-state index contributed by atoms with van der Waals surface area (Å²) in [6.45, 7) is 0. The van der Waals surface area contributed by atoms with Crippen molar-refractivity contribution in [2.75, 3.05) is 14.2 Å². The number of fused-ring (bicyclic) bond motifs is 1. The number of benzene rings is 1. The van der Waals surface area contributed by atoms with Crippen LogP contribution in [0.5, 0.6) is 11.5 Å². The van der Waals surface area contributed by atoms with Crippen molar-refractivity contribution in [1.29, 1.82) is 0 Å². The summed E-state index contributed by atoms with van der Waals surface area (Å²) in [6.07, 6.45) is 2.06. The topological polar surface area (TPSA) is 56.5 Å². The van der Waals surface area contributed by atoms with Crippen LogP contribution in [0.2, 0.25) is 0 Å². The summed E-state index contributed by atoms with van der Waals surface area (Å²) in [4.78, 5) is 0. The molecule has 0 aliphatic heterocycles. The molecular formula is C11H16N2O2. The summed E-state index contributed by atoms with van der Waals surface area (Å²) >= 11 is 0. The first-order valence-electron chi connectivity index (χ1n) is 5.01. The van der Waals surface area contributed by atoms with Crippen LogP contribution in [0.3, 0.4) is 0 Å². The van der Waals surface area contributed by atoms with Gasteiger partial charge in [-0.05, 0) is 36.1 Å². The maximum absolute atomic E-state index is 5.49. The molecule has 2 rings (SSSR count). The SMILES string of the molecule is COc1cc2c(cc1OC)[C@@H](NN)CC2. The largest absolute Gasteiger partial charge is 0.493 e. The second-order valence-corrected chi connectivity index (χ2v) is 3.66. The second kappa shape index (κ2) is 4.08. The van der Waals surface area contributed by atoms with E-state index in [2.05, 4.69) is 5.43 Å². The molecule has 0 bridgehead atoms. The molecule has 0 heterocycles. The highest BCUT2D eigenvalue weighted by atomic mass is 16.5. The van der Waals surface area contributed by atoms with Crippen molar-refractivity contribution in [3.8, 4) is 11.5 Å². The number of nitrogens with one attached hydrogen (secondary N) is 1. The van der Waals surface area contributed by atoms with E-state index in [-0.39, 0.29) is 6.04 Å². The highest BCUT2D eigenvalue weighted by Gasteiger charge is 2.23. The third-order valence-corrected chi connectivity index (χ3v) is 2.92. The van der Waals surface area contributed by atoms with E-state index < -0.39 is 0 Å². The minimum atomic E-state index is 0.236. The lowest BCUT2D eigenvalue weighted by Gasteiger charge is -2.13. The molecule has 0 radical (unpaired) electrons. The van der Waals surface area contributed by atoms with Gasteiger partial charge in [-0.3, -0.25) is 11.3 Å². The van der Waals surface area contributed by atoms with E-state index in [1.807, 2.05) is 12.1 Å². The van der Waals surface area contributed by atoms with Crippen molar-refractivity contribution in [3.05, 3.63) is 23.3 Å². The van der Waals surface area contributed by atoms with Gasteiger partial charge < -0.3 is 9.47 Å². The zero-order valence-electron chi connectivity index (χ0n) is 9.04. The lowest BCUT2D eigenvalue weighted by Crippen LogP contribution is -2.26. The molecule has 0 unspecified atom stereocenters. The Kier molecular flexibility index (Phi) is 2.79. The first-order chi connectivity index (χ1) is 7.30. The Morgan fingerprint density at radius 3 is 2.53 bits per heavy atom. The Morgan fingerprint density at radius 2 is 1.93 bits per heavy atom. The van der Waals surface area contributed by atoms with Crippen LogP contribution < -0.4 is 20.7 Å². The molecule has 1 aromatic carbocycles. The Labute approximate surface area is 89.3 Å². The third kappa shape index (κ3) is 1.66. The number of hydrogen-bond donors (Lipinski definition) is 2. The fourth-order valence-corrected chi connectivity index (χ4v) is 2.11. The van der Waals surface area contributed by atoms with Gasteiger partial charge in [0.15, 0.2) is 11.5 Å². The minimum absolute atomic E-state index is 0.236. The van der Waals surface area contributed by atoms with Gasteiger partial charge >= 0.3 is 0 Å². The highest BCUT2D eigenvalue weighted by Crippen LogP contribution is 2.38. The smallest absolute Gasteiger partial charge is 0.161 e. The molecule has 0 saturated carbocycles. The van der Waals surface area contributed by atoms with Crippen LogP contribution in [-0.2, 0) is 6.42 Å². The molecule has 4 heteroatoms. The molecule has 0 amide bonds. The monoisotopic (exact) mass is 208 g/mol. The van der Waals surface area contributed by atoms with E-state index in [4.69, 9.17) is 15.3 Å². The van der Waals surface area contributed by atoms with Crippen LogP contribution >= 0.6 is 0 Å². The van der Waals surface area contributed by atoms with Gasteiger partial charge in [0.2, 0.25) is 0 Å². The van der Waals surface area contributed by atoms with Gasteiger partial charge in [-0.15, -0.1) is 0 Å². The van der Waals surface area contributed by atoms with Gasteiger partial charge in [-0.25, -0.2) is 0 Å². The predicted octanol–water partition coefficient (Wildman–Crippen LogP) is 1.15. The first kappa shape index (κ1) is 10.3. The number of nitrogens with two attached hydrogens (primary N) is 1. The van der Waals surface area contributed by atoms with Crippen molar-refractivity contribution < 1.29 is 9.47 Å². The normalized spacial score (nSPS) is 18.7. The van der Waals surface area contributed by atoms with E-state index in [0.717, 1.165) is 24.3 Å².